The van der Waals surface area contributed by atoms with Gasteiger partial charge in [0.25, 0.3) is 5.91 Å². The highest BCUT2D eigenvalue weighted by Gasteiger charge is 2.12. The molecule has 0 aliphatic rings. The van der Waals surface area contributed by atoms with Crippen LogP contribution in [0, 0.1) is 3.57 Å². The van der Waals surface area contributed by atoms with Gasteiger partial charge in [0.2, 0.25) is 0 Å². The zero-order valence-electron chi connectivity index (χ0n) is 12.6. The third kappa shape index (κ3) is 5.99. The fourth-order valence-corrected chi connectivity index (χ4v) is 2.15. The molecule has 0 bridgehead atoms. The molecule has 0 radical (unpaired) electrons. The second-order valence-corrected chi connectivity index (χ2v) is 6.05. The standard InChI is InChI=1S/C17H15IN2O4/c18-14-8-6-13(7-9-14)16(22)24-11-15(21)20-17(23)19-10-12-4-2-1-3-5-12/h1-9H,10-11H2,(H2,19,20,21,23). The average molecular weight is 438 g/mol. The van der Waals surface area contributed by atoms with Gasteiger partial charge < -0.3 is 10.1 Å². The molecule has 7 heteroatoms. The minimum Gasteiger partial charge on any atom is -0.452 e. The molecule has 0 aromatic heterocycles. The molecule has 6 nitrogen and oxygen atoms in total. The highest BCUT2D eigenvalue weighted by atomic mass is 127. The third-order valence-corrected chi connectivity index (χ3v) is 3.68. The van der Waals surface area contributed by atoms with E-state index in [1.807, 2.05) is 30.3 Å². The van der Waals surface area contributed by atoms with Gasteiger partial charge in [-0.05, 0) is 52.4 Å². The van der Waals surface area contributed by atoms with Crippen LogP contribution in [0.25, 0.3) is 0 Å². The van der Waals surface area contributed by atoms with E-state index in [1.165, 1.54) is 0 Å². The molecular formula is C17H15IN2O4. The normalized spacial score (nSPS) is 9.88. The second-order valence-electron chi connectivity index (χ2n) is 4.80. The van der Waals surface area contributed by atoms with Crippen LogP contribution in [0.15, 0.2) is 54.6 Å². The number of urea groups is 1. The molecule has 0 atom stereocenters. The van der Waals surface area contributed by atoms with E-state index in [9.17, 15) is 14.4 Å². The molecule has 0 spiro atoms. The number of imide groups is 1. The van der Waals surface area contributed by atoms with Crippen LogP contribution >= 0.6 is 22.6 Å². The van der Waals surface area contributed by atoms with E-state index >= 15 is 0 Å². The number of esters is 1. The van der Waals surface area contributed by atoms with E-state index in [1.54, 1.807) is 24.3 Å². The SMILES string of the molecule is O=C(COC(=O)c1ccc(I)cc1)NC(=O)NCc1ccccc1. The number of benzene rings is 2. The molecule has 24 heavy (non-hydrogen) atoms. The van der Waals surface area contributed by atoms with Crippen molar-refractivity contribution in [2.75, 3.05) is 6.61 Å². The van der Waals surface area contributed by atoms with Gasteiger partial charge in [0.1, 0.15) is 0 Å². The summed E-state index contributed by atoms with van der Waals surface area (Å²) >= 11 is 2.12. The summed E-state index contributed by atoms with van der Waals surface area (Å²) < 4.78 is 5.84. The van der Waals surface area contributed by atoms with Crippen molar-refractivity contribution in [1.29, 1.82) is 0 Å². The monoisotopic (exact) mass is 438 g/mol. The van der Waals surface area contributed by atoms with E-state index in [0.717, 1.165) is 9.13 Å². The maximum atomic E-state index is 11.8. The van der Waals surface area contributed by atoms with E-state index in [0.29, 0.717) is 12.1 Å². The van der Waals surface area contributed by atoms with Gasteiger partial charge in [0, 0.05) is 10.1 Å². The Morgan fingerprint density at radius 1 is 0.958 bits per heavy atom. The highest BCUT2D eigenvalue weighted by Crippen LogP contribution is 2.07. The predicted octanol–water partition coefficient (Wildman–Crippen LogP) is 2.47. The number of rotatable bonds is 5. The van der Waals surface area contributed by atoms with Crippen LogP contribution in [-0.2, 0) is 16.1 Å². The summed E-state index contributed by atoms with van der Waals surface area (Å²) in [6.45, 7) is -0.230. The Kier molecular flexibility index (Phi) is 6.74. The molecule has 0 saturated heterocycles. The van der Waals surface area contributed by atoms with Crippen molar-refractivity contribution < 1.29 is 19.1 Å². The van der Waals surface area contributed by atoms with Crippen LogP contribution in [0.4, 0.5) is 4.79 Å². The third-order valence-electron chi connectivity index (χ3n) is 2.96. The average Bonchev–Trinajstić information content (AvgIpc) is 2.59. The van der Waals surface area contributed by atoms with Gasteiger partial charge in [-0.15, -0.1) is 0 Å². The van der Waals surface area contributed by atoms with Crippen molar-refractivity contribution in [3.8, 4) is 0 Å². The molecule has 2 aromatic rings. The van der Waals surface area contributed by atoms with Gasteiger partial charge in [-0.2, -0.15) is 0 Å². The van der Waals surface area contributed by atoms with Crippen molar-refractivity contribution in [2.45, 2.75) is 6.54 Å². The Morgan fingerprint density at radius 3 is 2.29 bits per heavy atom. The maximum Gasteiger partial charge on any atom is 0.338 e. The molecule has 0 fully saturated rings. The van der Waals surface area contributed by atoms with E-state index in [4.69, 9.17) is 4.74 Å². The van der Waals surface area contributed by atoms with Gasteiger partial charge in [0.15, 0.2) is 6.61 Å². The number of amides is 3. The number of ether oxygens (including phenoxy) is 1. The largest absolute Gasteiger partial charge is 0.452 e. The van der Waals surface area contributed by atoms with Crippen LogP contribution in [0.2, 0.25) is 0 Å². The summed E-state index contributed by atoms with van der Waals surface area (Å²) in [4.78, 5) is 35.0. The lowest BCUT2D eigenvalue weighted by Crippen LogP contribution is -2.41. The number of hydrogen-bond acceptors (Lipinski definition) is 4. The molecule has 0 aliphatic heterocycles. The van der Waals surface area contributed by atoms with E-state index < -0.39 is 24.5 Å². The maximum absolute atomic E-state index is 11.8. The number of carbonyl (C=O) groups excluding carboxylic acids is 3. The summed E-state index contributed by atoms with van der Waals surface area (Å²) in [7, 11) is 0. The van der Waals surface area contributed by atoms with Gasteiger partial charge in [0.05, 0.1) is 5.56 Å². The first-order valence-electron chi connectivity index (χ1n) is 7.09. The molecule has 2 N–H and O–H groups in total. The first-order valence-corrected chi connectivity index (χ1v) is 8.17. The van der Waals surface area contributed by atoms with Crippen LogP contribution in [0.1, 0.15) is 15.9 Å². The molecule has 0 heterocycles. The van der Waals surface area contributed by atoms with E-state index in [-0.39, 0.29) is 0 Å². The van der Waals surface area contributed by atoms with Crippen molar-refractivity contribution in [2.24, 2.45) is 0 Å². The number of halogens is 1. The molecule has 3 amide bonds. The molecule has 0 aliphatic carbocycles. The van der Waals surface area contributed by atoms with Crippen LogP contribution in [-0.4, -0.2) is 24.5 Å². The van der Waals surface area contributed by atoms with Crippen molar-refractivity contribution in [1.82, 2.24) is 10.6 Å². The summed E-state index contributed by atoms with van der Waals surface area (Å²) in [6.07, 6.45) is 0. The quantitative estimate of drug-likeness (QED) is 0.555. The Labute approximate surface area is 152 Å². The van der Waals surface area contributed by atoms with Crippen molar-refractivity contribution in [3.63, 3.8) is 0 Å². The predicted molar refractivity (Wildman–Crippen MR) is 96.3 cm³/mol. The lowest BCUT2D eigenvalue weighted by Gasteiger charge is -2.07. The minimum absolute atomic E-state index is 0.294. The van der Waals surface area contributed by atoms with E-state index in [2.05, 4.69) is 33.2 Å². The Morgan fingerprint density at radius 2 is 1.62 bits per heavy atom. The molecule has 2 rings (SSSR count). The fraction of sp³-hybridized carbons (Fsp3) is 0.118. The zero-order chi connectivity index (χ0) is 17.4. The Balaban J connectivity index is 1.71. The van der Waals surface area contributed by atoms with Crippen LogP contribution < -0.4 is 10.6 Å². The summed E-state index contributed by atoms with van der Waals surface area (Å²) in [5.74, 6) is -1.31. The molecule has 0 unspecified atom stereocenters. The molecule has 0 saturated carbocycles. The fourth-order valence-electron chi connectivity index (χ4n) is 1.79. The molecule has 2 aromatic carbocycles. The topological polar surface area (TPSA) is 84.5 Å². The smallest absolute Gasteiger partial charge is 0.338 e. The first kappa shape index (κ1) is 17.9. The lowest BCUT2D eigenvalue weighted by atomic mass is 10.2. The van der Waals surface area contributed by atoms with Crippen LogP contribution in [0.5, 0.6) is 0 Å². The highest BCUT2D eigenvalue weighted by molar-refractivity contribution is 14.1. The zero-order valence-corrected chi connectivity index (χ0v) is 14.8. The molecular weight excluding hydrogens is 423 g/mol. The Bertz CT molecular complexity index is 717. The Hall–Kier alpha value is -2.42. The van der Waals surface area contributed by atoms with Gasteiger partial charge in [-0.25, -0.2) is 9.59 Å². The number of nitrogens with one attached hydrogen (secondary N) is 2. The summed E-state index contributed by atoms with van der Waals surface area (Å²) in [6, 6.07) is 15.4. The minimum atomic E-state index is -0.695. The first-order chi connectivity index (χ1) is 11.5. The van der Waals surface area contributed by atoms with Crippen molar-refractivity contribution in [3.05, 3.63) is 69.3 Å². The second kappa shape index (κ2) is 9.02. The molecule has 124 valence electrons. The van der Waals surface area contributed by atoms with Gasteiger partial charge >= 0.3 is 12.0 Å². The summed E-state index contributed by atoms with van der Waals surface area (Å²) in [5.41, 5.74) is 1.25. The number of carbonyl (C=O) groups is 3. The number of hydrogen-bond donors (Lipinski definition) is 2. The summed E-state index contributed by atoms with van der Waals surface area (Å²) in [5, 5.41) is 4.64. The van der Waals surface area contributed by atoms with Gasteiger partial charge in [-0.1, -0.05) is 30.3 Å². The lowest BCUT2D eigenvalue weighted by molar-refractivity contribution is -0.123. The van der Waals surface area contributed by atoms with Gasteiger partial charge in [-0.3, -0.25) is 10.1 Å². The van der Waals surface area contributed by atoms with Crippen molar-refractivity contribution >= 4 is 40.5 Å². The van der Waals surface area contributed by atoms with Crippen LogP contribution in [0.3, 0.4) is 0 Å².